The number of carbonyl (C=O) groups is 1. The van der Waals surface area contributed by atoms with Crippen molar-refractivity contribution in [3.05, 3.63) is 40.8 Å². The fourth-order valence-electron chi connectivity index (χ4n) is 1.23. The van der Waals surface area contributed by atoms with Gasteiger partial charge in [0, 0.05) is 0 Å². The lowest BCUT2D eigenvalue weighted by Crippen LogP contribution is -2.14. The molecule has 0 atom stereocenters. The summed E-state index contributed by atoms with van der Waals surface area (Å²) in [5.74, 6) is -0.971. The van der Waals surface area contributed by atoms with Crippen molar-refractivity contribution in [2.45, 2.75) is 25.5 Å². The molecule has 0 saturated heterocycles. The van der Waals surface area contributed by atoms with Gasteiger partial charge in [-0.25, -0.2) is 4.79 Å². The van der Waals surface area contributed by atoms with Gasteiger partial charge in [0.25, 0.3) is 0 Å². The van der Waals surface area contributed by atoms with Crippen molar-refractivity contribution in [1.82, 2.24) is 0 Å². The van der Waals surface area contributed by atoms with Gasteiger partial charge in [-0.3, -0.25) is 0 Å². The van der Waals surface area contributed by atoms with Crippen LogP contribution in [0.25, 0.3) is 6.08 Å². The van der Waals surface area contributed by atoms with E-state index < -0.39 is 34.2 Å². The summed E-state index contributed by atoms with van der Waals surface area (Å²) < 4.78 is 42.1. The van der Waals surface area contributed by atoms with Crippen molar-refractivity contribution >= 4 is 23.8 Å². The minimum atomic E-state index is -4.53. The number of thioether (sulfide) groups is 1. The van der Waals surface area contributed by atoms with Crippen LogP contribution < -0.4 is 0 Å². The number of carbonyl (C=O) groups excluding carboxylic acids is 1. The Morgan fingerprint density at radius 3 is 2.32 bits per heavy atom. The zero-order valence-corrected chi connectivity index (χ0v) is 11.2. The molecule has 0 aliphatic carbocycles. The van der Waals surface area contributed by atoms with E-state index >= 15 is 0 Å². The van der Waals surface area contributed by atoms with Gasteiger partial charge < -0.3 is 4.74 Å². The first-order chi connectivity index (χ1) is 8.78. The molecule has 0 aromatic heterocycles. The fourth-order valence-corrected chi connectivity index (χ4v) is 1.80. The van der Waals surface area contributed by atoms with Crippen molar-refractivity contribution in [2.75, 3.05) is 0 Å². The van der Waals surface area contributed by atoms with E-state index in [4.69, 9.17) is 4.74 Å². The van der Waals surface area contributed by atoms with Gasteiger partial charge >= 0.3 is 11.5 Å². The smallest absolute Gasteiger partial charge is 0.446 e. The molecule has 0 spiro atoms. The second-order valence-electron chi connectivity index (χ2n) is 3.92. The third-order valence-corrected chi connectivity index (χ3v) is 2.60. The lowest BCUT2D eigenvalue weighted by molar-refractivity contribution is -0.141. The standard InChI is InChI=1S/C13H13F3O2S/c1-9(2)18-12(17)11(19-13(14,15)16)8-10-6-4-3-5-7-10/h3-9H,1-2H3. The van der Waals surface area contributed by atoms with Gasteiger partial charge in [-0.15, -0.1) is 0 Å². The Morgan fingerprint density at radius 2 is 1.84 bits per heavy atom. The lowest BCUT2D eigenvalue weighted by atomic mass is 10.2. The Hall–Kier alpha value is -1.43. The highest BCUT2D eigenvalue weighted by atomic mass is 32.2. The van der Waals surface area contributed by atoms with Crippen molar-refractivity contribution in [2.24, 2.45) is 0 Å². The lowest BCUT2D eigenvalue weighted by Gasteiger charge is -2.12. The molecule has 6 heteroatoms. The summed E-state index contributed by atoms with van der Waals surface area (Å²) in [5, 5.41) is 0. The molecule has 19 heavy (non-hydrogen) atoms. The van der Waals surface area contributed by atoms with Crippen molar-refractivity contribution in [3.63, 3.8) is 0 Å². The second-order valence-corrected chi connectivity index (χ2v) is 5.03. The number of halogens is 3. The zero-order valence-electron chi connectivity index (χ0n) is 10.4. The van der Waals surface area contributed by atoms with E-state index in [0.717, 1.165) is 0 Å². The molecule has 1 aromatic carbocycles. The molecule has 0 bridgehead atoms. The molecule has 0 radical (unpaired) electrons. The number of ether oxygens (including phenoxy) is 1. The average molecular weight is 290 g/mol. The molecule has 0 aliphatic rings. The summed E-state index contributed by atoms with van der Waals surface area (Å²) in [6.07, 6.45) is 0.698. The van der Waals surface area contributed by atoms with Gasteiger partial charge in [-0.1, -0.05) is 30.3 Å². The number of esters is 1. The van der Waals surface area contributed by atoms with Gasteiger partial charge in [-0.05, 0) is 37.2 Å². The van der Waals surface area contributed by atoms with Crippen molar-refractivity contribution in [1.29, 1.82) is 0 Å². The zero-order chi connectivity index (χ0) is 14.5. The van der Waals surface area contributed by atoms with Crippen LogP contribution in [0, 0.1) is 0 Å². The third kappa shape index (κ3) is 6.33. The van der Waals surface area contributed by atoms with Crippen molar-refractivity contribution < 1.29 is 22.7 Å². The Morgan fingerprint density at radius 1 is 1.26 bits per heavy atom. The monoisotopic (exact) mass is 290 g/mol. The molecule has 0 unspecified atom stereocenters. The summed E-state index contributed by atoms with van der Waals surface area (Å²) in [6, 6.07) is 8.31. The maximum absolute atomic E-state index is 12.4. The second kappa shape index (κ2) is 6.65. The molecule has 1 rings (SSSR count). The Balaban J connectivity index is 2.99. The molecule has 0 saturated carbocycles. The van der Waals surface area contributed by atoms with Gasteiger partial charge in [-0.2, -0.15) is 13.2 Å². The maximum atomic E-state index is 12.4. The topological polar surface area (TPSA) is 26.3 Å². The van der Waals surface area contributed by atoms with Crippen LogP contribution in [0.3, 0.4) is 0 Å². The molecule has 104 valence electrons. The molecule has 0 heterocycles. The van der Waals surface area contributed by atoms with Crippen molar-refractivity contribution in [3.8, 4) is 0 Å². The molecule has 0 aliphatic heterocycles. The van der Waals surface area contributed by atoms with Crippen LogP contribution in [0.4, 0.5) is 13.2 Å². The SMILES string of the molecule is CC(C)OC(=O)C(=Cc1ccccc1)SC(F)(F)F. The van der Waals surface area contributed by atoms with Crippen LogP contribution in [-0.4, -0.2) is 17.6 Å². The number of alkyl halides is 3. The van der Waals surface area contributed by atoms with E-state index in [9.17, 15) is 18.0 Å². The summed E-state index contributed by atoms with van der Waals surface area (Å²) in [4.78, 5) is 11.1. The molecule has 0 fully saturated rings. The third-order valence-electron chi connectivity index (χ3n) is 1.87. The highest BCUT2D eigenvalue weighted by molar-refractivity contribution is 8.04. The molecule has 0 N–H and O–H groups in total. The van der Waals surface area contributed by atoms with E-state index in [0.29, 0.717) is 5.56 Å². The first kappa shape index (κ1) is 15.6. The molecule has 0 amide bonds. The molecule has 1 aromatic rings. The number of benzene rings is 1. The van der Waals surface area contributed by atoms with Gasteiger partial charge in [0.05, 0.1) is 6.10 Å². The normalized spacial score (nSPS) is 12.6. The summed E-state index contributed by atoms with van der Waals surface area (Å²) in [6.45, 7) is 3.16. The van der Waals surface area contributed by atoms with Crippen LogP contribution >= 0.6 is 11.8 Å². The summed E-state index contributed by atoms with van der Waals surface area (Å²) in [5.41, 5.74) is -4.02. The van der Waals surface area contributed by atoms with E-state index in [1.165, 1.54) is 6.08 Å². The van der Waals surface area contributed by atoms with Crippen LogP contribution in [0.1, 0.15) is 19.4 Å². The van der Waals surface area contributed by atoms with Gasteiger partial charge in [0.15, 0.2) is 0 Å². The largest absolute Gasteiger partial charge is 0.459 e. The quantitative estimate of drug-likeness (QED) is 0.613. The fraction of sp³-hybridized carbons (Fsp3) is 0.308. The summed E-state index contributed by atoms with van der Waals surface area (Å²) in [7, 11) is 0. The predicted molar refractivity (Wildman–Crippen MR) is 69.3 cm³/mol. The predicted octanol–water partition coefficient (Wildman–Crippen LogP) is 4.23. The van der Waals surface area contributed by atoms with Gasteiger partial charge in [0.1, 0.15) is 4.91 Å². The van der Waals surface area contributed by atoms with E-state index in [1.54, 1.807) is 44.2 Å². The highest BCUT2D eigenvalue weighted by Gasteiger charge is 2.33. The van der Waals surface area contributed by atoms with E-state index in [-0.39, 0.29) is 0 Å². The van der Waals surface area contributed by atoms with E-state index in [2.05, 4.69) is 0 Å². The van der Waals surface area contributed by atoms with Crippen LogP contribution in [0.2, 0.25) is 0 Å². The first-order valence-electron chi connectivity index (χ1n) is 5.51. The number of rotatable bonds is 4. The van der Waals surface area contributed by atoms with Crippen LogP contribution in [0.5, 0.6) is 0 Å². The number of hydrogen-bond acceptors (Lipinski definition) is 3. The van der Waals surface area contributed by atoms with Crippen LogP contribution in [0.15, 0.2) is 35.2 Å². The molecular weight excluding hydrogens is 277 g/mol. The minimum absolute atomic E-state index is 0.467. The van der Waals surface area contributed by atoms with E-state index in [1.807, 2.05) is 0 Å². The van der Waals surface area contributed by atoms with Crippen LogP contribution in [-0.2, 0) is 9.53 Å². The van der Waals surface area contributed by atoms with Gasteiger partial charge in [0.2, 0.25) is 0 Å². The Kier molecular flexibility index (Phi) is 5.47. The summed E-state index contributed by atoms with van der Waals surface area (Å²) >= 11 is -0.467. The number of hydrogen-bond donors (Lipinski definition) is 0. The Bertz CT molecular complexity index is 453. The average Bonchev–Trinajstić information content (AvgIpc) is 2.26. The Labute approximate surface area is 113 Å². The molecule has 2 nitrogen and oxygen atoms in total. The highest BCUT2D eigenvalue weighted by Crippen LogP contribution is 2.37. The minimum Gasteiger partial charge on any atom is -0.459 e. The first-order valence-corrected chi connectivity index (χ1v) is 6.33. The maximum Gasteiger partial charge on any atom is 0.446 e. The molecular formula is C13H13F3O2S.